The van der Waals surface area contributed by atoms with Gasteiger partial charge in [-0.3, -0.25) is 5.32 Å². The zero-order chi connectivity index (χ0) is 17.4. The van der Waals surface area contributed by atoms with Gasteiger partial charge in [-0.1, -0.05) is 11.3 Å². The summed E-state index contributed by atoms with van der Waals surface area (Å²) in [5.74, 6) is 0.525. The molecule has 2 aliphatic heterocycles. The van der Waals surface area contributed by atoms with E-state index >= 15 is 0 Å². The highest BCUT2D eigenvalue weighted by atomic mass is 32.1. The molecule has 0 aliphatic carbocycles. The fourth-order valence-electron chi connectivity index (χ4n) is 3.37. The number of anilines is 1. The van der Waals surface area contributed by atoms with Gasteiger partial charge in [-0.25, -0.2) is 15.0 Å². The second kappa shape index (κ2) is 6.38. The molecule has 8 nitrogen and oxygen atoms in total. The lowest BCUT2D eigenvalue weighted by atomic mass is 9.82. The Morgan fingerprint density at radius 3 is 2.92 bits per heavy atom. The molecule has 0 radical (unpaired) electrons. The van der Waals surface area contributed by atoms with Crippen LogP contribution < -0.4 is 10.1 Å². The molecule has 4 heterocycles. The lowest BCUT2D eigenvalue weighted by Crippen LogP contribution is -2.45. The van der Waals surface area contributed by atoms with Crippen molar-refractivity contribution in [2.45, 2.75) is 25.4 Å². The van der Waals surface area contributed by atoms with Crippen molar-refractivity contribution in [2.75, 3.05) is 39.1 Å². The summed E-state index contributed by atoms with van der Waals surface area (Å²) in [5.41, 5.74) is 0.494. The van der Waals surface area contributed by atoms with E-state index in [1.807, 2.05) is 0 Å². The molecule has 1 fully saturated rings. The van der Waals surface area contributed by atoms with Gasteiger partial charge in [-0.2, -0.15) is 4.98 Å². The van der Waals surface area contributed by atoms with E-state index in [1.165, 1.54) is 11.3 Å². The summed E-state index contributed by atoms with van der Waals surface area (Å²) in [5, 5.41) is 3.89. The van der Waals surface area contributed by atoms with Crippen LogP contribution in [0.15, 0.2) is 11.2 Å². The monoisotopic (exact) mass is 362 g/mol. The van der Waals surface area contributed by atoms with E-state index in [0.29, 0.717) is 29.6 Å². The van der Waals surface area contributed by atoms with Crippen LogP contribution in [0.2, 0.25) is 0 Å². The number of ether oxygens (including phenoxy) is 2. The lowest BCUT2D eigenvalue weighted by molar-refractivity contribution is 0.0109. The van der Waals surface area contributed by atoms with Crippen molar-refractivity contribution in [1.82, 2.24) is 19.9 Å². The first-order valence-electron chi connectivity index (χ1n) is 8.42. The number of rotatable bonds is 3. The first-order valence-corrected chi connectivity index (χ1v) is 9.24. The number of aliphatic imine (C=N–C) groups is 1. The van der Waals surface area contributed by atoms with Gasteiger partial charge in [0.15, 0.2) is 9.96 Å². The minimum absolute atomic E-state index is 0.233. The Labute approximate surface area is 150 Å². The Morgan fingerprint density at radius 1 is 1.36 bits per heavy atom. The van der Waals surface area contributed by atoms with E-state index < -0.39 is 0 Å². The number of likely N-dealkylation sites (tertiary alicyclic amines) is 1. The molecule has 25 heavy (non-hydrogen) atoms. The van der Waals surface area contributed by atoms with Gasteiger partial charge in [-0.05, 0) is 39.9 Å². The van der Waals surface area contributed by atoms with Crippen LogP contribution in [-0.2, 0) is 4.74 Å². The maximum absolute atomic E-state index is 6.19. The second-order valence-electron chi connectivity index (χ2n) is 6.80. The standard InChI is InChI=1S/C16H22N6O2S/c1-16(10-4-6-22(2)7-5-10)9-18-14(24-16)21-15-19-11-8-17-13(23-3)20-12(11)25-15/h8,10H,4-7,9H2,1-3H3,(H,18,19,21)/t16-/m1/s1. The van der Waals surface area contributed by atoms with Crippen molar-refractivity contribution in [1.29, 1.82) is 0 Å². The number of hydrogen-bond donors (Lipinski definition) is 1. The molecule has 9 heteroatoms. The fraction of sp³-hybridized carbons (Fsp3) is 0.625. The molecule has 0 spiro atoms. The fourth-order valence-corrected chi connectivity index (χ4v) is 4.17. The van der Waals surface area contributed by atoms with E-state index in [9.17, 15) is 0 Å². The van der Waals surface area contributed by atoms with Crippen molar-refractivity contribution in [3.05, 3.63) is 6.20 Å². The van der Waals surface area contributed by atoms with E-state index in [0.717, 1.165) is 36.3 Å². The Morgan fingerprint density at radius 2 is 2.16 bits per heavy atom. The topological polar surface area (TPSA) is 84.8 Å². The summed E-state index contributed by atoms with van der Waals surface area (Å²) in [6, 6.07) is 0.882. The number of fused-ring (bicyclic) bond motifs is 1. The zero-order valence-electron chi connectivity index (χ0n) is 14.7. The minimum atomic E-state index is -0.233. The molecular weight excluding hydrogens is 340 g/mol. The molecular formula is C16H22N6O2S. The summed E-state index contributed by atoms with van der Waals surface area (Å²) < 4.78 is 11.2. The molecule has 2 aromatic heterocycles. The molecule has 0 amide bonds. The predicted octanol–water partition coefficient (Wildman–Crippen LogP) is 1.99. The van der Waals surface area contributed by atoms with Gasteiger partial charge in [0.2, 0.25) is 0 Å². The van der Waals surface area contributed by atoms with Crippen LogP contribution in [0.25, 0.3) is 10.3 Å². The van der Waals surface area contributed by atoms with E-state index in [-0.39, 0.29) is 5.60 Å². The second-order valence-corrected chi connectivity index (χ2v) is 7.78. The maximum Gasteiger partial charge on any atom is 0.317 e. The maximum atomic E-state index is 6.19. The van der Waals surface area contributed by atoms with Crippen LogP contribution in [0.3, 0.4) is 0 Å². The van der Waals surface area contributed by atoms with Crippen molar-refractivity contribution in [2.24, 2.45) is 10.9 Å². The van der Waals surface area contributed by atoms with Crippen molar-refractivity contribution < 1.29 is 9.47 Å². The molecule has 2 aromatic rings. The number of thiazole rings is 1. The third-order valence-corrected chi connectivity index (χ3v) is 5.85. The van der Waals surface area contributed by atoms with E-state index in [2.05, 4.69) is 44.1 Å². The third-order valence-electron chi connectivity index (χ3n) is 4.97. The quantitative estimate of drug-likeness (QED) is 0.894. The normalized spacial score (nSPS) is 25.0. The highest BCUT2D eigenvalue weighted by molar-refractivity contribution is 7.21. The predicted molar refractivity (Wildman–Crippen MR) is 97.4 cm³/mol. The van der Waals surface area contributed by atoms with Gasteiger partial charge < -0.3 is 14.4 Å². The average molecular weight is 362 g/mol. The van der Waals surface area contributed by atoms with Gasteiger partial charge in [-0.15, -0.1) is 0 Å². The molecule has 0 bridgehead atoms. The Hall–Kier alpha value is -2.00. The minimum Gasteiger partial charge on any atom is -0.467 e. The smallest absolute Gasteiger partial charge is 0.317 e. The number of amidine groups is 1. The van der Waals surface area contributed by atoms with Gasteiger partial charge >= 0.3 is 6.01 Å². The Balaban J connectivity index is 1.43. The first-order chi connectivity index (χ1) is 12.1. The summed E-state index contributed by atoms with van der Waals surface area (Å²) in [6.07, 6.45) is 3.95. The first kappa shape index (κ1) is 16.5. The number of aromatic nitrogens is 3. The van der Waals surface area contributed by atoms with Crippen molar-refractivity contribution in [3.63, 3.8) is 0 Å². The highest BCUT2D eigenvalue weighted by Crippen LogP contribution is 2.35. The number of piperidine rings is 1. The summed E-state index contributed by atoms with van der Waals surface area (Å²) in [6.45, 7) is 5.08. The molecule has 0 aromatic carbocycles. The van der Waals surface area contributed by atoms with Crippen LogP contribution >= 0.6 is 11.3 Å². The van der Waals surface area contributed by atoms with Gasteiger partial charge in [0.25, 0.3) is 6.02 Å². The van der Waals surface area contributed by atoms with Gasteiger partial charge in [0, 0.05) is 5.92 Å². The van der Waals surface area contributed by atoms with Crippen LogP contribution in [0.5, 0.6) is 6.01 Å². The van der Waals surface area contributed by atoms with Crippen LogP contribution in [0, 0.1) is 5.92 Å². The number of nitrogens with one attached hydrogen (secondary N) is 1. The number of methoxy groups -OCH3 is 1. The van der Waals surface area contributed by atoms with Crippen LogP contribution in [-0.4, -0.2) is 65.3 Å². The SMILES string of the molecule is COc1ncc2nc(NC3=NC[C@](C)(C4CCN(C)CC4)O3)sc2n1. The lowest BCUT2D eigenvalue weighted by Gasteiger charge is -2.38. The molecule has 1 N–H and O–H groups in total. The molecule has 1 saturated heterocycles. The van der Waals surface area contributed by atoms with E-state index in [1.54, 1.807) is 13.3 Å². The molecule has 0 unspecified atom stereocenters. The van der Waals surface area contributed by atoms with Crippen molar-refractivity contribution in [3.8, 4) is 6.01 Å². The Bertz CT molecular complexity index is 801. The summed E-state index contributed by atoms with van der Waals surface area (Å²) >= 11 is 1.43. The zero-order valence-corrected chi connectivity index (χ0v) is 15.5. The molecule has 2 aliphatic rings. The van der Waals surface area contributed by atoms with E-state index in [4.69, 9.17) is 9.47 Å². The van der Waals surface area contributed by atoms with Crippen LogP contribution in [0.4, 0.5) is 5.13 Å². The van der Waals surface area contributed by atoms with Gasteiger partial charge in [0.05, 0.1) is 19.9 Å². The van der Waals surface area contributed by atoms with Gasteiger partial charge in [0.1, 0.15) is 11.1 Å². The third kappa shape index (κ3) is 3.25. The Kier molecular flexibility index (Phi) is 4.20. The number of hydrogen-bond acceptors (Lipinski definition) is 9. The summed E-state index contributed by atoms with van der Waals surface area (Å²) in [7, 11) is 3.72. The molecule has 134 valence electrons. The molecule has 4 rings (SSSR count). The highest BCUT2D eigenvalue weighted by Gasteiger charge is 2.42. The molecule has 0 saturated carbocycles. The largest absolute Gasteiger partial charge is 0.467 e. The molecule has 1 atom stereocenters. The number of nitrogens with zero attached hydrogens (tertiary/aromatic N) is 5. The van der Waals surface area contributed by atoms with Crippen molar-refractivity contribution >= 4 is 32.8 Å². The van der Waals surface area contributed by atoms with Crippen LogP contribution in [0.1, 0.15) is 19.8 Å². The summed E-state index contributed by atoms with van der Waals surface area (Å²) in [4.78, 5) is 20.5. The average Bonchev–Trinajstić information content (AvgIpc) is 3.18.